The third-order valence-electron chi connectivity index (χ3n) is 1.02. The van der Waals surface area contributed by atoms with Crippen LogP contribution in [0.4, 0.5) is 0 Å². The minimum atomic E-state index is 0.845. The topological polar surface area (TPSA) is 3.24 Å². The molecule has 0 saturated carbocycles. The summed E-state index contributed by atoms with van der Waals surface area (Å²) >= 11 is 5.68. The highest BCUT2D eigenvalue weighted by molar-refractivity contribution is 6.30. The zero-order valence-electron chi connectivity index (χ0n) is 4.76. The Morgan fingerprint density at radius 1 is 1.75 bits per heavy atom. The van der Waals surface area contributed by atoms with Crippen LogP contribution in [0.1, 0.15) is 0 Å². The molecule has 0 spiro atoms. The van der Waals surface area contributed by atoms with Gasteiger partial charge in [-0.25, -0.2) is 0 Å². The number of rotatable bonds is 0. The third-order valence-corrected chi connectivity index (χ3v) is 1.26. The van der Waals surface area contributed by atoms with Gasteiger partial charge in [0.25, 0.3) is 0 Å². The lowest BCUT2D eigenvalue weighted by atomic mass is 10.4. The molecule has 0 aromatic heterocycles. The molecule has 0 bridgehead atoms. The first-order valence-corrected chi connectivity index (χ1v) is 2.90. The third kappa shape index (κ3) is 1.27. The van der Waals surface area contributed by atoms with E-state index in [2.05, 4.69) is 0 Å². The van der Waals surface area contributed by atoms with Crippen LogP contribution >= 0.6 is 11.6 Å². The van der Waals surface area contributed by atoms with Crippen LogP contribution in [0.3, 0.4) is 0 Å². The van der Waals surface area contributed by atoms with Gasteiger partial charge in [-0.2, -0.15) is 0 Å². The first-order chi connectivity index (χ1) is 3.79. The number of allylic oxidation sites excluding steroid dienone is 2. The molecule has 1 heterocycles. The Labute approximate surface area is 54.2 Å². The fourth-order valence-corrected chi connectivity index (χ4v) is 0.899. The summed E-state index contributed by atoms with van der Waals surface area (Å²) in [6, 6.07) is 0. The zero-order chi connectivity index (χ0) is 5.98. The smallest absolute Gasteiger partial charge is 0.0527 e. The molecule has 0 aromatic rings. The van der Waals surface area contributed by atoms with E-state index in [1.165, 1.54) is 0 Å². The van der Waals surface area contributed by atoms with Gasteiger partial charge >= 0.3 is 0 Å². The summed E-state index contributed by atoms with van der Waals surface area (Å²) in [5.74, 6) is 0. The van der Waals surface area contributed by atoms with Crippen molar-refractivity contribution in [1.82, 2.24) is 4.90 Å². The average molecular weight is 130 g/mol. The van der Waals surface area contributed by atoms with Crippen LogP contribution in [0.2, 0.25) is 0 Å². The van der Waals surface area contributed by atoms with Gasteiger partial charge in [-0.3, -0.25) is 0 Å². The lowest BCUT2D eigenvalue weighted by Crippen LogP contribution is -2.14. The fraction of sp³-hybridized carbons (Fsp3) is 0.333. The van der Waals surface area contributed by atoms with Crippen molar-refractivity contribution in [3.8, 4) is 0 Å². The van der Waals surface area contributed by atoms with Crippen LogP contribution < -0.4 is 0 Å². The van der Waals surface area contributed by atoms with E-state index in [4.69, 9.17) is 11.6 Å². The molecule has 0 atom stereocenters. The van der Waals surface area contributed by atoms with Crippen LogP contribution in [-0.2, 0) is 0 Å². The number of hydrogen-bond donors (Lipinski definition) is 0. The molecule has 8 heavy (non-hydrogen) atoms. The minimum absolute atomic E-state index is 0.845. The second-order valence-corrected chi connectivity index (χ2v) is 2.36. The van der Waals surface area contributed by atoms with Crippen molar-refractivity contribution in [2.75, 3.05) is 13.6 Å². The highest BCUT2D eigenvalue weighted by Crippen LogP contribution is 2.07. The largest absolute Gasteiger partial charge is 0.375 e. The van der Waals surface area contributed by atoms with Crippen LogP contribution in [0.15, 0.2) is 23.4 Å². The van der Waals surface area contributed by atoms with E-state index >= 15 is 0 Å². The van der Waals surface area contributed by atoms with Crippen molar-refractivity contribution < 1.29 is 0 Å². The molecule has 2 heteroatoms. The first kappa shape index (κ1) is 5.70. The normalized spacial score (nSPS) is 18.8. The second kappa shape index (κ2) is 2.23. The van der Waals surface area contributed by atoms with Crippen LogP contribution in [0.25, 0.3) is 0 Å². The van der Waals surface area contributed by atoms with Crippen molar-refractivity contribution in [2.24, 2.45) is 0 Å². The number of hydrogen-bond acceptors (Lipinski definition) is 1. The van der Waals surface area contributed by atoms with E-state index in [1.807, 2.05) is 30.3 Å². The van der Waals surface area contributed by atoms with E-state index in [-0.39, 0.29) is 0 Å². The molecule has 1 rings (SSSR count). The van der Waals surface area contributed by atoms with Crippen LogP contribution in [0, 0.1) is 0 Å². The number of nitrogens with zero attached hydrogens (tertiary/aromatic N) is 1. The van der Waals surface area contributed by atoms with Gasteiger partial charge < -0.3 is 4.90 Å². The molecule has 0 N–H and O–H groups in total. The molecular formula is C6H8ClN. The Hall–Kier alpha value is -0.430. The summed E-state index contributed by atoms with van der Waals surface area (Å²) in [4.78, 5) is 2.03. The fourth-order valence-electron chi connectivity index (χ4n) is 0.638. The summed E-state index contributed by atoms with van der Waals surface area (Å²) in [6.07, 6.45) is 5.83. The van der Waals surface area contributed by atoms with E-state index in [9.17, 15) is 0 Å². The predicted octanol–water partition coefficient (Wildman–Crippen LogP) is 1.57. The van der Waals surface area contributed by atoms with Gasteiger partial charge in [0.1, 0.15) is 0 Å². The maximum absolute atomic E-state index is 5.68. The highest BCUT2D eigenvalue weighted by Gasteiger charge is 1.97. The molecule has 0 aromatic carbocycles. The summed E-state index contributed by atoms with van der Waals surface area (Å²) < 4.78 is 0. The van der Waals surface area contributed by atoms with Crippen LogP contribution in [0.5, 0.6) is 0 Å². The molecule has 44 valence electrons. The van der Waals surface area contributed by atoms with E-state index in [1.54, 1.807) is 0 Å². The molecule has 0 aliphatic carbocycles. The highest BCUT2D eigenvalue weighted by atomic mass is 35.5. The van der Waals surface area contributed by atoms with E-state index in [0.717, 1.165) is 11.6 Å². The van der Waals surface area contributed by atoms with Crippen molar-refractivity contribution >= 4 is 11.6 Å². The number of likely N-dealkylation sites (N-methyl/N-ethyl adjacent to an activating group) is 1. The van der Waals surface area contributed by atoms with E-state index < -0.39 is 0 Å². The minimum Gasteiger partial charge on any atom is -0.375 e. The quantitative estimate of drug-likeness (QED) is 0.480. The zero-order valence-corrected chi connectivity index (χ0v) is 5.52. The van der Waals surface area contributed by atoms with Gasteiger partial charge in [0.15, 0.2) is 0 Å². The molecule has 1 aliphatic heterocycles. The molecular weight excluding hydrogens is 122 g/mol. The molecule has 0 saturated heterocycles. The molecule has 0 unspecified atom stereocenters. The Morgan fingerprint density at radius 3 is 2.88 bits per heavy atom. The first-order valence-electron chi connectivity index (χ1n) is 2.52. The van der Waals surface area contributed by atoms with Crippen molar-refractivity contribution in [3.63, 3.8) is 0 Å². The summed E-state index contributed by atoms with van der Waals surface area (Å²) in [6.45, 7) is 0.845. The van der Waals surface area contributed by atoms with Gasteiger partial charge in [-0.05, 0) is 18.4 Å². The monoisotopic (exact) mass is 129 g/mol. The predicted molar refractivity (Wildman–Crippen MR) is 35.7 cm³/mol. The van der Waals surface area contributed by atoms with Crippen molar-refractivity contribution in [3.05, 3.63) is 23.4 Å². The van der Waals surface area contributed by atoms with Gasteiger partial charge in [-0.1, -0.05) is 11.6 Å². The van der Waals surface area contributed by atoms with Crippen molar-refractivity contribution in [2.45, 2.75) is 0 Å². The van der Waals surface area contributed by atoms with Gasteiger partial charge in [0.05, 0.1) is 6.54 Å². The molecule has 1 nitrogen and oxygen atoms in total. The Balaban J connectivity index is 2.59. The molecule has 0 amide bonds. The standard InChI is InChI=1S/C6H8ClN/c1-8-4-2-3-6(7)5-8/h2-4H,5H2,1H3. The molecule has 0 radical (unpaired) electrons. The molecule has 1 aliphatic rings. The summed E-state index contributed by atoms with van der Waals surface area (Å²) in [5, 5.41) is 0.898. The lowest BCUT2D eigenvalue weighted by Gasteiger charge is -2.15. The van der Waals surface area contributed by atoms with Gasteiger partial charge in [0.2, 0.25) is 0 Å². The SMILES string of the molecule is CN1C=CC=C(Cl)C1. The van der Waals surface area contributed by atoms with Gasteiger partial charge in [0, 0.05) is 12.1 Å². The lowest BCUT2D eigenvalue weighted by molar-refractivity contribution is 0.500. The van der Waals surface area contributed by atoms with Crippen LogP contribution in [-0.4, -0.2) is 18.5 Å². The Kier molecular flexibility index (Phi) is 1.59. The van der Waals surface area contributed by atoms with Gasteiger partial charge in [-0.15, -0.1) is 0 Å². The maximum Gasteiger partial charge on any atom is 0.0527 e. The summed E-state index contributed by atoms with van der Waals surface area (Å²) in [7, 11) is 1.99. The Morgan fingerprint density at radius 2 is 2.50 bits per heavy atom. The Bertz CT molecular complexity index is 137. The van der Waals surface area contributed by atoms with Crippen molar-refractivity contribution in [1.29, 1.82) is 0 Å². The average Bonchev–Trinajstić information content (AvgIpc) is 1.64. The van der Waals surface area contributed by atoms with E-state index in [0.29, 0.717) is 0 Å². The summed E-state index contributed by atoms with van der Waals surface area (Å²) in [5.41, 5.74) is 0. The number of halogens is 1. The second-order valence-electron chi connectivity index (χ2n) is 1.87. The maximum atomic E-state index is 5.68. The molecule has 0 fully saturated rings.